The topological polar surface area (TPSA) is 56.7 Å². The van der Waals surface area contributed by atoms with Crippen molar-refractivity contribution < 1.29 is 9.90 Å². The van der Waals surface area contributed by atoms with E-state index in [-0.39, 0.29) is 5.91 Å². The highest BCUT2D eigenvalue weighted by Gasteiger charge is 2.33. The van der Waals surface area contributed by atoms with Crippen LogP contribution in [0.3, 0.4) is 0 Å². The van der Waals surface area contributed by atoms with Crippen molar-refractivity contribution in [1.29, 1.82) is 0 Å². The van der Waals surface area contributed by atoms with Gasteiger partial charge in [-0.05, 0) is 19.3 Å². The Kier molecular flexibility index (Phi) is 5.67. The Labute approximate surface area is 142 Å². The van der Waals surface area contributed by atoms with Crippen molar-refractivity contribution in [2.24, 2.45) is 0 Å². The van der Waals surface area contributed by atoms with Gasteiger partial charge >= 0.3 is 0 Å². The second-order valence-corrected chi connectivity index (χ2v) is 7.67. The van der Waals surface area contributed by atoms with Crippen molar-refractivity contribution in [1.82, 2.24) is 14.8 Å². The van der Waals surface area contributed by atoms with Crippen LogP contribution in [0.15, 0.2) is 10.9 Å². The van der Waals surface area contributed by atoms with Crippen molar-refractivity contribution >= 4 is 17.2 Å². The van der Waals surface area contributed by atoms with E-state index < -0.39 is 5.60 Å². The van der Waals surface area contributed by atoms with Crippen LogP contribution >= 0.6 is 11.3 Å². The van der Waals surface area contributed by atoms with Crippen molar-refractivity contribution in [3.05, 3.63) is 16.6 Å². The third-order valence-electron chi connectivity index (χ3n) is 5.07. The summed E-state index contributed by atoms with van der Waals surface area (Å²) >= 11 is 1.63. The Morgan fingerprint density at radius 1 is 1.17 bits per heavy atom. The molecule has 0 aromatic carbocycles. The minimum Gasteiger partial charge on any atom is -0.389 e. The third-order valence-corrected chi connectivity index (χ3v) is 5.71. The van der Waals surface area contributed by atoms with Crippen LogP contribution in [0.25, 0.3) is 0 Å². The summed E-state index contributed by atoms with van der Waals surface area (Å²) < 4.78 is 0. The highest BCUT2D eigenvalue weighted by molar-refractivity contribution is 7.07. The molecule has 2 fully saturated rings. The Hall–Kier alpha value is -0.980. The van der Waals surface area contributed by atoms with Crippen LogP contribution in [0.4, 0.5) is 0 Å². The maximum Gasteiger partial charge on any atom is 0.225 e. The zero-order chi connectivity index (χ0) is 16.1. The van der Waals surface area contributed by atoms with Crippen LogP contribution in [0.1, 0.15) is 50.6 Å². The number of nitrogens with zero attached hydrogens (tertiary/aromatic N) is 3. The van der Waals surface area contributed by atoms with E-state index in [1.165, 1.54) is 6.42 Å². The molecule has 2 aliphatic rings. The smallest absolute Gasteiger partial charge is 0.225 e. The lowest BCUT2D eigenvalue weighted by Crippen LogP contribution is -2.42. The fourth-order valence-corrected chi connectivity index (χ4v) is 4.25. The third kappa shape index (κ3) is 4.75. The average molecular weight is 337 g/mol. The number of thiazole rings is 1. The molecule has 1 N–H and O–H groups in total. The first-order valence-electron chi connectivity index (χ1n) is 8.74. The van der Waals surface area contributed by atoms with Gasteiger partial charge in [0.2, 0.25) is 5.91 Å². The molecule has 1 saturated carbocycles. The van der Waals surface area contributed by atoms with E-state index in [1.54, 1.807) is 11.3 Å². The Morgan fingerprint density at radius 3 is 2.74 bits per heavy atom. The van der Waals surface area contributed by atoms with Crippen molar-refractivity contribution in [3.63, 3.8) is 0 Å². The lowest BCUT2D eigenvalue weighted by atomic mass is 9.82. The van der Waals surface area contributed by atoms with Crippen molar-refractivity contribution in [2.75, 3.05) is 26.2 Å². The number of hydrogen-bond acceptors (Lipinski definition) is 5. The molecule has 6 heteroatoms. The van der Waals surface area contributed by atoms with Crippen LogP contribution in [-0.2, 0) is 11.3 Å². The molecule has 1 aliphatic heterocycles. The first-order valence-corrected chi connectivity index (χ1v) is 9.68. The Balaban J connectivity index is 1.49. The summed E-state index contributed by atoms with van der Waals surface area (Å²) in [4.78, 5) is 21.3. The minimum absolute atomic E-state index is 0.130. The molecule has 1 aromatic rings. The van der Waals surface area contributed by atoms with E-state index in [2.05, 4.69) is 15.3 Å². The molecule has 3 rings (SSSR count). The number of hydrogen-bond donors (Lipinski definition) is 1. The summed E-state index contributed by atoms with van der Waals surface area (Å²) in [5.74, 6) is 0.130. The number of carbonyl (C=O) groups is 1. The predicted molar refractivity (Wildman–Crippen MR) is 91.2 cm³/mol. The van der Waals surface area contributed by atoms with Gasteiger partial charge in [0.15, 0.2) is 0 Å². The molecule has 0 spiro atoms. The standard InChI is InChI=1S/C17H27N3O2S/c21-16(11-17(22)5-2-1-3-6-17)20-8-4-7-19(9-10-20)12-15-13-23-14-18-15/h13-14,22H,1-12H2. The van der Waals surface area contributed by atoms with Crippen LogP contribution < -0.4 is 0 Å². The molecule has 0 atom stereocenters. The van der Waals surface area contributed by atoms with Gasteiger partial charge in [-0.1, -0.05) is 19.3 Å². The zero-order valence-corrected chi connectivity index (χ0v) is 14.6. The number of aliphatic hydroxyl groups is 1. The average Bonchev–Trinajstić information content (AvgIpc) is 2.92. The summed E-state index contributed by atoms with van der Waals surface area (Å²) in [6, 6.07) is 0. The first kappa shape index (κ1) is 16.9. The normalized spacial score (nSPS) is 22.7. The summed E-state index contributed by atoms with van der Waals surface area (Å²) in [5.41, 5.74) is 2.24. The Bertz CT molecular complexity index is 500. The molecule has 1 amide bonds. The number of carbonyl (C=O) groups excluding carboxylic acids is 1. The molecule has 1 aromatic heterocycles. The van der Waals surface area contributed by atoms with Crippen LogP contribution in [-0.4, -0.2) is 57.6 Å². The molecule has 2 heterocycles. The fourth-order valence-electron chi connectivity index (χ4n) is 3.70. The van der Waals surface area contributed by atoms with E-state index in [4.69, 9.17) is 0 Å². The molecule has 0 bridgehead atoms. The van der Waals surface area contributed by atoms with Crippen LogP contribution in [0, 0.1) is 0 Å². The Morgan fingerprint density at radius 2 is 2.00 bits per heavy atom. The fraction of sp³-hybridized carbons (Fsp3) is 0.765. The van der Waals surface area contributed by atoms with Gasteiger partial charge in [0.05, 0.1) is 23.2 Å². The van der Waals surface area contributed by atoms with E-state index in [9.17, 15) is 9.90 Å². The van der Waals surface area contributed by atoms with Crippen molar-refractivity contribution in [3.8, 4) is 0 Å². The maximum atomic E-state index is 12.6. The monoisotopic (exact) mass is 337 g/mol. The lowest BCUT2D eigenvalue weighted by molar-refractivity contribution is -0.137. The second kappa shape index (κ2) is 7.73. The van der Waals surface area contributed by atoms with Gasteiger partial charge in [-0.15, -0.1) is 11.3 Å². The molecule has 23 heavy (non-hydrogen) atoms. The van der Waals surface area contributed by atoms with E-state index in [0.29, 0.717) is 6.42 Å². The van der Waals surface area contributed by atoms with Gasteiger partial charge < -0.3 is 10.0 Å². The predicted octanol–water partition coefficient (Wildman–Crippen LogP) is 2.26. The van der Waals surface area contributed by atoms with Gasteiger partial charge in [-0.3, -0.25) is 9.69 Å². The highest BCUT2D eigenvalue weighted by Crippen LogP contribution is 2.31. The summed E-state index contributed by atoms with van der Waals surface area (Å²) in [5, 5.41) is 12.7. The lowest BCUT2D eigenvalue weighted by Gasteiger charge is -2.33. The van der Waals surface area contributed by atoms with Gasteiger partial charge in [-0.2, -0.15) is 0 Å². The maximum absolute atomic E-state index is 12.6. The molecular formula is C17H27N3O2S. The van der Waals surface area contributed by atoms with Crippen LogP contribution in [0.5, 0.6) is 0 Å². The number of rotatable bonds is 4. The molecule has 0 unspecified atom stereocenters. The van der Waals surface area contributed by atoms with Gasteiger partial charge in [0.1, 0.15) is 0 Å². The van der Waals surface area contributed by atoms with Gasteiger partial charge in [0, 0.05) is 38.1 Å². The SMILES string of the molecule is O=C(CC1(O)CCCCC1)N1CCCN(Cc2cscn2)CC1. The molecule has 1 saturated heterocycles. The summed E-state index contributed by atoms with van der Waals surface area (Å²) in [6.45, 7) is 4.34. The first-order chi connectivity index (χ1) is 11.1. The molecule has 128 valence electrons. The van der Waals surface area contributed by atoms with E-state index in [1.807, 2.05) is 10.4 Å². The quantitative estimate of drug-likeness (QED) is 0.916. The molecule has 1 aliphatic carbocycles. The minimum atomic E-state index is -0.748. The molecule has 0 radical (unpaired) electrons. The largest absolute Gasteiger partial charge is 0.389 e. The van der Waals surface area contributed by atoms with Gasteiger partial charge in [-0.25, -0.2) is 4.98 Å². The second-order valence-electron chi connectivity index (χ2n) is 6.95. The molecular weight excluding hydrogens is 310 g/mol. The van der Waals surface area contributed by atoms with Crippen molar-refractivity contribution in [2.45, 2.75) is 57.1 Å². The molecule has 5 nitrogen and oxygen atoms in total. The summed E-state index contributed by atoms with van der Waals surface area (Å²) in [6.07, 6.45) is 6.14. The van der Waals surface area contributed by atoms with Crippen LogP contribution in [0.2, 0.25) is 0 Å². The van der Waals surface area contributed by atoms with E-state index >= 15 is 0 Å². The van der Waals surface area contributed by atoms with Gasteiger partial charge in [0.25, 0.3) is 0 Å². The van der Waals surface area contributed by atoms with E-state index in [0.717, 1.165) is 70.5 Å². The highest BCUT2D eigenvalue weighted by atomic mass is 32.1. The number of aromatic nitrogens is 1. The zero-order valence-electron chi connectivity index (χ0n) is 13.7. The number of amides is 1. The summed E-state index contributed by atoms with van der Waals surface area (Å²) in [7, 11) is 0.